The van der Waals surface area contributed by atoms with E-state index in [0.29, 0.717) is 16.9 Å². The van der Waals surface area contributed by atoms with Crippen molar-refractivity contribution in [2.24, 2.45) is 5.41 Å². The first-order valence-electron chi connectivity index (χ1n) is 10.5. The van der Waals surface area contributed by atoms with Gasteiger partial charge in [0.15, 0.2) is 0 Å². The SMILES string of the molecule is CN1C(=O)C(NC(=O)OC(C)(C)C)COc2ccc(N3CC4(CCOCC4)C3)cc21. The topological polar surface area (TPSA) is 80.3 Å². The van der Waals surface area contributed by atoms with E-state index in [-0.39, 0.29) is 12.5 Å². The Morgan fingerprint density at radius 2 is 1.93 bits per heavy atom. The molecule has 0 aliphatic carbocycles. The van der Waals surface area contributed by atoms with Gasteiger partial charge in [-0.2, -0.15) is 0 Å². The molecule has 164 valence electrons. The summed E-state index contributed by atoms with van der Waals surface area (Å²) >= 11 is 0. The van der Waals surface area contributed by atoms with E-state index in [2.05, 4.69) is 10.2 Å². The summed E-state index contributed by atoms with van der Waals surface area (Å²) in [7, 11) is 1.71. The maximum atomic E-state index is 13.0. The second kappa shape index (κ2) is 7.65. The number of hydrogen-bond acceptors (Lipinski definition) is 6. The Hall–Kier alpha value is -2.48. The predicted octanol–water partition coefficient (Wildman–Crippen LogP) is 2.55. The molecule has 0 saturated carbocycles. The predicted molar refractivity (Wildman–Crippen MR) is 113 cm³/mol. The summed E-state index contributed by atoms with van der Waals surface area (Å²) < 4.78 is 16.6. The van der Waals surface area contributed by atoms with E-state index in [1.54, 1.807) is 32.7 Å². The molecule has 30 heavy (non-hydrogen) atoms. The van der Waals surface area contributed by atoms with Crippen molar-refractivity contribution < 1.29 is 23.8 Å². The van der Waals surface area contributed by atoms with Gasteiger partial charge in [-0.1, -0.05) is 0 Å². The number of fused-ring (bicyclic) bond motifs is 1. The van der Waals surface area contributed by atoms with E-state index >= 15 is 0 Å². The highest BCUT2D eigenvalue weighted by Gasteiger charge is 2.44. The van der Waals surface area contributed by atoms with Crippen LogP contribution in [0.2, 0.25) is 0 Å². The standard InChI is InChI=1S/C22H31N3O5/c1-21(2,3)30-20(27)23-16-12-29-18-6-5-15(11-17(18)24(4)19(16)26)25-13-22(14-25)7-9-28-10-8-22/h5-6,11,16H,7-10,12-14H2,1-4H3,(H,23,27). The average Bonchev–Trinajstić information content (AvgIpc) is 2.77. The van der Waals surface area contributed by atoms with E-state index in [9.17, 15) is 9.59 Å². The summed E-state index contributed by atoms with van der Waals surface area (Å²) in [4.78, 5) is 29.0. The van der Waals surface area contributed by atoms with Crippen LogP contribution in [0.15, 0.2) is 18.2 Å². The van der Waals surface area contributed by atoms with E-state index in [0.717, 1.165) is 44.8 Å². The lowest BCUT2D eigenvalue weighted by Gasteiger charge is -2.53. The van der Waals surface area contributed by atoms with Gasteiger partial charge in [0.25, 0.3) is 5.91 Å². The second-order valence-electron chi connectivity index (χ2n) is 9.53. The van der Waals surface area contributed by atoms with Crippen molar-refractivity contribution in [1.82, 2.24) is 5.32 Å². The van der Waals surface area contributed by atoms with Crippen molar-refractivity contribution in [3.05, 3.63) is 18.2 Å². The lowest BCUT2D eigenvalue weighted by atomic mass is 9.73. The van der Waals surface area contributed by atoms with Crippen LogP contribution in [0.1, 0.15) is 33.6 Å². The largest absolute Gasteiger partial charge is 0.489 e. The van der Waals surface area contributed by atoms with Gasteiger partial charge < -0.3 is 29.3 Å². The van der Waals surface area contributed by atoms with Crippen LogP contribution in [0.5, 0.6) is 5.75 Å². The summed E-state index contributed by atoms with van der Waals surface area (Å²) in [5.41, 5.74) is 1.51. The zero-order chi connectivity index (χ0) is 21.5. The van der Waals surface area contributed by atoms with Crippen LogP contribution >= 0.6 is 0 Å². The van der Waals surface area contributed by atoms with Crippen molar-refractivity contribution >= 4 is 23.4 Å². The van der Waals surface area contributed by atoms with E-state index < -0.39 is 17.7 Å². The van der Waals surface area contributed by atoms with Crippen molar-refractivity contribution in [2.75, 3.05) is 49.8 Å². The summed E-state index contributed by atoms with van der Waals surface area (Å²) in [6.45, 7) is 9.10. The Balaban J connectivity index is 1.45. The number of nitrogens with one attached hydrogen (secondary N) is 1. The fourth-order valence-corrected chi connectivity index (χ4v) is 4.30. The molecular weight excluding hydrogens is 386 g/mol. The van der Waals surface area contributed by atoms with Crippen LogP contribution < -0.4 is 19.9 Å². The third kappa shape index (κ3) is 4.19. The lowest BCUT2D eigenvalue weighted by molar-refractivity contribution is -0.120. The van der Waals surface area contributed by atoms with Crippen LogP contribution in [0, 0.1) is 5.41 Å². The van der Waals surface area contributed by atoms with E-state index in [1.165, 1.54) is 0 Å². The average molecular weight is 418 g/mol. The molecule has 1 spiro atoms. The molecule has 3 aliphatic heterocycles. The van der Waals surface area contributed by atoms with Crippen molar-refractivity contribution in [2.45, 2.75) is 45.3 Å². The normalized spacial score (nSPS) is 23.2. The first-order valence-corrected chi connectivity index (χ1v) is 10.5. The molecular formula is C22H31N3O5. The smallest absolute Gasteiger partial charge is 0.408 e. The van der Waals surface area contributed by atoms with Gasteiger partial charge in [-0.05, 0) is 51.8 Å². The van der Waals surface area contributed by atoms with Crippen LogP contribution in [0.4, 0.5) is 16.2 Å². The molecule has 8 heteroatoms. The summed E-state index contributed by atoms with van der Waals surface area (Å²) in [5.74, 6) is 0.394. The first-order chi connectivity index (χ1) is 14.2. The van der Waals surface area contributed by atoms with Gasteiger partial charge in [-0.3, -0.25) is 4.79 Å². The molecule has 1 aromatic carbocycles. The van der Waals surface area contributed by atoms with Gasteiger partial charge in [0.05, 0.1) is 5.69 Å². The molecule has 1 N–H and O–H groups in total. The number of anilines is 2. The number of alkyl carbamates (subject to hydrolysis) is 1. The third-order valence-corrected chi connectivity index (χ3v) is 6.00. The number of benzene rings is 1. The zero-order valence-electron chi connectivity index (χ0n) is 18.2. The molecule has 3 heterocycles. The van der Waals surface area contributed by atoms with Crippen LogP contribution in [0.3, 0.4) is 0 Å². The number of carbonyl (C=O) groups excluding carboxylic acids is 2. The Morgan fingerprint density at radius 3 is 2.60 bits per heavy atom. The lowest BCUT2D eigenvalue weighted by Crippen LogP contribution is -2.58. The van der Waals surface area contributed by atoms with Crippen molar-refractivity contribution in [1.29, 1.82) is 0 Å². The number of hydrogen-bond donors (Lipinski definition) is 1. The van der Waals surface area contributed by atoms with Gasteiger partial charge in [0.1, 0.15) is 24.0 Å². The van der Waals surface area contributed by atoms with E-state index in [1.807, 2.05) is 18.2 Å². The number of ether oxygens (including phenoxy) is 3. The van der Waals surface area contributed by atoms with Crippen molar-refractivity contribution in [3.8, 4) is 5.75 Å². The minimum atomic E-state index is -0.810. The maximum absolute atomic E-state index is 13.0. The van der Waals surface area contributed by atoms with Crippen molar-refractivity contribution in [3.63, 3.8) is 0 Å². The fourth-order valence-electron chi connectivity index (χ4n) is 4.30. The first kappa shape index (κ1) is 20.8. The quantitative estimate of drug-likeness (QED) is 0.797. The molecule has 8 nitrogen and oxygen atoms in total. The fraction of sp³-hybridized carbons (Fsp3) is 0.636. The molecule has 2 fully saturated rings. The molecule has 3 aliphatic rings. The molecule has 4 rings (SSSR count). The monoisotopic (exact) mass is 417 g/mol. The summed E-state index contributed by atoms with van der Waals surface area (Å²) in [6, 6.07) is 5.12. The van der Waals surface area contributed by atoms with E-state index in [4.69, 9.17) is 14.2 Å². The molecule has 1 aromatic rings. The van der Waals surface area contributed by atoms with Gasteiger partial charge in [0, 0.05) is 44.5 Å². The number of rotatable bonds is 2. The zero-order valence-corrected chi connectivity index (χ0v) is 18.2. The van der Waals surface area contributed by atoms with Gasteiger partial charge in [-0.15, -0.1) is 0 Å². The van der Waals surface area contributed by atoms with Gasteiger partial charge in [0.2, 0.25) is 0 Å². The highest BCUT2D eigenvalue weighted by atomic mass is 16.6. The number of likely N-dealkylation sites (N-methyl/N-ethyl adjacent to an activating group) is 1. The number of carbonyl (C=O) groups is 2. The maximum Gasteiger partial charge on any atom is 0.408 e. The Bertz CT molecular complexity index is 821. The highest BCUT2D eigenvalue weighted by Crippen LogP contribution is 2.44. The van der Waals surface area contributed by atoms with Gasteiger partial charge in [-0.25, -0.2) is 4.79 Å². The third-order valence-electron chi connectivity index (χ3n) is 6.00. The molecule has 2 saturated heterocycles. The Labute approximate surface area is 177 Å². The Kier molecular flexibility index (Phi) is 5.30. The molecule has 1 atom stereocenters. The molecule has 2 amide bonds. The van der Waals surface area contributed by atoms with Crippen LogP contribution in [-0.4, -0.2) is 63.6 Å². The molecule has 0 aromatic heterocycles. The Morgan fingerprint density at radius 1 is 1.23 bits per heavy atom. The van der Waals surface area contributed by atoms with Crippen LogP contribution in [-0.2, 0) is 14.3 Å². The summed E-state index contributed by atoms with van der Waals surface area (Å²) in [6.07, 6.45) is 1.58. The number of nitrogens with zero attached hydrogens (tertiary/aromatic N) is 2. The highest BCUT2D eigenvalue weighted by molar-refractivity contribution is 6.00. The molecule has 0 radical (unpaired) electrons. The minimum absolute atomic E-state index is 0.0571. The summed E-state index contributed by atoms with van der Waals surface area (Å²) in [5, 5.41) is 2.63. The molecule has 1 unspecified atom stereocenters. The second-order valence-corrected chi connectivity index (χ2v) is 9.53. The minimum Gasteiger partial charge on any atom is -0.489 e. The van der Waals surface area contributed by atoms with Gasteiger partial charge >= 0.3 is 6.09 Å². The van der Waals surface area contributed by atoms with Crippen LogP contribution in [0.25, 0.3) is 0 Å². The molecule has 0 bridgehead atoms. The number of amides is 2.